The van der Waals surface area contributed by atoms with Gasteiger partial charge in [-0.05, 0) is 32.9 Å². The molecule has 0 saturated carbocycles. The van der Waals surface area contributed by atoms with Crippen molar-refractivity contribution in [2.24, 2.45) is 7.05 Å². The molecule has 110 valence electrons. The van der Waals surface area contributed by atoms with Crippen molar-refractivity contribution in [3.8, 4) is 0 Å². The molecule has 0 radical (unpaired) electrons. The summed E-state index contributed by atoms with van der Waals surface area (Å²) >= 11 is 0. The van der Waals surface area contributed by atoms with Gasteiger partial charge in [-0.3, -0.25) is 9.36 Å². The van der Waals surface area contributed by atoms with Gasteiger partial charge in [-0.1, -0.05) is 13.8 Å². The lowest BCUT2D eigenvalue weighted by molar-refractivity contribution is 0.592. The summed E-state index contributed by atoms with van der Waals surface area (Å²) in [4.78, 5) is 0. The summed E-state index contributed by atoms with van der Waals surface area (Å²) in [7, 11) is 3.98. The number of hydrogen-bond acceptors (Lipinski definition) is 3. The molecule has 20 heavy (non-hydrogen) atoms. The minimum Gasteiger partial charge on any atom is -0.316 e. The van der Waals surface area contributed by atoms with Gasteiger partial charge in [0, 0.05) is 24.8 Å². The standard InChI is InChI=1S/C15H25N5/c1-6-14-13(9-16-4)15(7-2)20(18-14)10-12-8-11(3)17-19(12)5/h8,16H,6-7,9-10H2,1-5H3. The zero-order chi connectivity index (χ0) is 14.7. The summed E-state index contributed by atoms with van der Waals surface area (Å²) in [6, 6.07) is 2.13. The molecule has 0 bridgehead atoms. The van der Waals surface area contributed by atoms with Crippen LogP contribution in [0.15, 0.2) is 6.07 Å². The fourth-order valence-corrected chi connectivity index (χ4v) is 2.75. The van der Waals surface area contributed by atoms with Crippen LogP contribution in [-0.2, 0) is 33.0 Å². The largest absolute Gasteiger partial charge is 0.316 e. The molecule has 2 aromatic rings. The highest BCUT2D eigenvalue weighted by atomic mass is 15.3. The summed E-state index contributed by atoms with van der Waals surface area (Å²) < 4.78 is 4.09. The first-order valence-corrected chi connectivity index (χ1v) is 7.32. The van der Waals surface area contributed by atoms with E-state index in [-0.39, 0.29) is 0 Å². The Morgan fingerprint density at radius 2 is 1.95 bits per heavy atom. The number of hydrogen-bond donors (Lipinski definition) is 1. The quantitative estimate of drug-likeness (QED) is 0.875. The van der Waals surface area contributed by atoms with Crippen LogP contribution in [0.1, 0.15) is 42.2 Å². The van der Waals surface area contributed by atoms with E-state index in [0.29, 0.717) is 0 Å². The van der Waals surface area contributed by atoms with Gasteiger partial charge in [-0.2, -0.15) is 10.2 Å². The third-order valence-corrected chi connectivity index (χ3v) is 3.68. The van der Waals surface area contributed by atoms with Crippen molar-refractivity contribution < 1.29 is 0 Å². The average Bonchev–Trinajstić information content (AvgIpc) is 2.91. The average molecular weight is 275 g/mol. The lowest BCUT2D eigenvalue weighted by Gasteiger charge is -2.08. The second-order valence-electron chi connectivity index (χ2n) is 5.17. The van der Waals surface area contributed by atoms with Crippen molar-refractivity contribution in [2.75, 3.05) is 7.05 Å². The van der Waals surface area contributed by atoms with Gasteiger partial charge < -0.3 is 5.32 Å². The molecule has 0 spiro atoms. The predicted molar refractivity (Wildman–Crippen MR) is 80.8 cm³/mol. The molecule has 1 N–H and O–H groups in total. The van der Waals surface area contributed by atoms with Crippen molar-refractivity contribution in [2.45, 2.75) is 46.7 Å². The summed E-state index contributed by atoms with van der Waals surface area (Å²) in [5.74, 6) is 0. The zero-order valence-corrected chi connectivity index (χ0v) is 13.2. The molecule has 5 heteroatoms. The first-order chi connectivity index (χ1) is 9.60. The Hall–Kier alpha value is -1.62. The zero-order valence-electron chi connectivity index (χ0n) is 13.2. The number of aromatic nitrogens is 4. The summed E-state index contributed by atoms with van der Waals surface area (Å²) in [6.07, 6.45) is 1.97. The van der Waals surface area contributed by atoms with Crippen LogP contribution in [0.25, 0.3) is 0 Å². The van der Waals surface area contributed by atoms with Crippen LogP contribution in [0.2, 0.25) is 0 Å². The van der Waals surface area contributed by atoms with Crippen molar-refractivity contribution in [1.29, 1.82) is 0 Å². The van der Waals surface area contributed by atoms with E-state index in [1.54, 1.807) is 0 Å². The van der Waals surface area contributed by atoms with E-state index in [4.69, 9.17) is 5.10 Å². The molecule has 0 aromatic carbocycles. The molecule has 0 aliphatic rings. The highest BCUT2D eigenvalue weighted by Gasteiger charge is 2.16. The molecule has 2 rings (SSSR count). The van der Waals surface area contributed by atoms with Crippen LogP contribution in [-0.4, -0.2) is 26.6 Å². The van der Waals surface area contributed by atoms with Gasteiger partial charge >= 0.3 is 0 Å². The third kappa shape index (κ3) is 2.77. The van der Waals surface area contributed by atoms with Crippen molar-refractivity contribution in [3.63, 3.8) is 0 Å². The molecule has 0 atom stereocenters. The van der Waals surface area contributed by atoms with Crippen LogP contribution < -0.4 is 5.32 Å². The molecule has 0 unspecified atom stereocenters. The molecule has 2 heterocycles. The fraction of sp³-hybridized carbons (Fsp3) is 0.600. The number of rotatable bonds is 6. The second-order valence-corrected chi connectivity index (χ2v) is 5.17. The topological polar surface area (TPSA) is 47.7 Å². The smallest absolute Gasteiger partial charge is 0.0831 e. The number of nitrogens with one attached hydrogen (secondary N) is 1. The third-order valence-electron chi connectivity index (χ3n) is 3.68. The monoisotopic (exact) mass is 275 g/mol. The van der Waals surface area contributed by atoms with Crippen LogP contribution in [0.3, 0.4) is 0 Å². The maximum Gasteiger partial charge on any atom is 0.0831 e. The lowest BCUT2D eigenvalue weighted by atomic mass is 10.1. The van der Waals surface area contributed by atoms with E-state index in [1.807, 2.05) is 25.7 Å². The molecular weight excluding hydrogens is 250 g/mol. The molecule has 0 aliphatic heterocycles. The number of nitrogens with zero attached hydrogens (tertiary/aromatic N) is 4. The fourth-order valence-electron chi connectivity index (χ4n) is 2.75. The van der Waals surface area contributed by atoms with E-state index in [1.165, 1.54) is 22.6 Å². The van der Waals surface area contributed by atoms with E-state index >= 15 is 0 Å². The van der Waals surface area contributed by atoms with E-state index < -0.39 is 0 Å². The summed E-state index contributed by atoms with van der Waals surface area (Å²) in [5.41, 5.74) is 6.14. The van der Waals surface area contributed by atoms with Crippen molar-refractivity contribution in [3.05, 3.63) is 34.4 Å². The van der Waals surface area contributed by atoms with Crippen LogP contribution >= 0.6 is 0 Å². The maximum absolute atomic E-state index is 4.80. The Morgan fingerprint density at radius 3 is 2.45 bits per heavy atom. The predicted octanol–water partition coefficient (Wildman–Crippen LogP) is 1.82. The van der Waals surface area contributed by atoms with Gasteiger partial charge in [0.15, 0.2) is 0 Å². The highest BCUT2D eigenvalue weighted by Crippen LogP contribution is 2.18. The normalized spacial score (nSPS) is 11.2. The molecule has 2 aromatic heterocycles. The Labute approximate surface area is 121 Å². The summed E-state index contributed by atoms with van der Waals surface area (Å²) in [5, 5.41) is 12.5. The van der Waals surface area contributed by atoms with Crippen molar-refractivity contribution >= 4 is 0 Å². The number of aryl methyl sites for hydroxylation is 3. The van der Waals surface area contributed by atoms with Crippen LogP contribution in [0, 0.1) is 6.92 Å². The molecular formula is C15H25N5. The highest BCUT2D eigenvalue weighted by molar-refractivity contribution is 5.27. The van der Waals surface area contributed by atoms with Gasteiger partial charge in [0.25, 0.3) is 0 Å². The Balaban J connectivity index is 2.38. The first kappa shape index (κ1) is 14.8. The van der Waals surface area contributed by atoms with Gasteiger partial charge in [-0.15, -0.1) is 0 Å². The van der Waals surface area contributed by atoms with E-state index in [9.17, 15) is 0 Å². The van der Waals surface area contributed by atoms with Crippen LogP contribution in [0.4, 0.5) is 0 Å². The molecule has 0 aliphatic carbocycles. The Morgan fingerprint density at radius 1 is 1.20 bits per heavy atom. The molecule has 0 fully saturated rings. The maximum atomic E-state index is 4.80. The van der Waals surface area contributed by atoms with Crippen LogP contribution in [0.5, 0.6) is 0 Å². The molecule has 5 nitrogen and oxygen atoms in total. The molecule has 0 amide bonds. The van der Waals surface area contributed by atoms with Gasteiger partial charge in [0.05, 0.1) is 23.6 Å². The second kappa shape index (κ2) is 6.22. The van der Waals surface area contributed by atoms with Gasteiger partial charge in [0.1, 0.15) is 0 Å². The minimum atomic E-state index is 0.789. The Kier molecular flexibility index (Phi) is 4.60. The Bertz CT molecular complexity index is 579. The molecule has 0 saturated heterocycles. The van der Waals surface area contributed by atoms with Crippen molar-refractivity contribution in [1.82, 2.24) is 24.9 Å². The first-order valence-electron chi connectivity index (χ1n) is 7.32. The van der Waals surface area contributed by atoms with E-state index in [2.05, 4.69) is 35.0 Å². The van der Waals surface area contributed by atoms with Gasteiger partial charge in [-0.25, -0.2) is 0 Å². The summed E-state index contributed by atoms with van der Waals surface area (Å²) in [6.45, 7) is 8.06. The SMILES string of the molecule is CCc1nn(Cc2cc(C)nn2C)c(CC)c1CNC. The minimum absolute atomic E-state index is 0.789. The van der Waals surface area contributed by atoms with Gasteiger partial charge in [0.2, 0.25) is 0 Å². The van der Waals surface area contributed by atoms with E-state index in [0.717, 1.165) is 31.6 Å². The lowest BCUT2D eigenvalue weighted by Crippen LogP contribution is -2.12.